The number of nitrogens with one attached hydrogen (secondary N) is 1. The second-order valence-electron chi connectivity index (χ2n) is 3.59. The molecule has 84 valence electrons. The Morgan fingerprint density at radius 3 is 3.00 bits per heavy atom. The van der Waals surface area contributed by atoms with Crippen LogP contribution in [0.2, 0.25) is 0 Å². The smallest absolute Gasteiger partial charge is 0.339 e. The van der Waals surface area contributed by atoms with Gasteiger partial charge in [-0.25, -0.2) is 9.78 Å². The van der Waals surface area contributed by atoms with Crippen molar-refractivity contribution in [3.05, 3.63) is 42.6 Å². The molecule has 2 N–H and O–H groups in total. The van der Waals surface area contributed by atoms with E-state index in [1.54, 1.807) is 35.3 Å². The molecule has 0 radical (unpaired) electrons. The van der Waals surface area contributed by atoms with Gasteiger partial charge in [0.2, 0.25) is 0 Å². The molecule has 0 spiro atoms. The van der Waals surface area contributed by atoms with E-state index in [9.17, 15) is 4.79 Å². The number of fused-ring (bicyclic) bond motifs is 1. The fourth-order valence-electron chi connectivity index (χ4n) is 1.76. The van der Waals surface area contributed by atoms with Crippen LogP contribution >= 0.6 is 0 Å². The molecule has 3 aromatic heterocycles. The fourth-order valence-corrected chi connectivity index (χ4v) is 1.76. The molecule has 3 aromatic rings. The highest BCUT2D eigenvalue weighted by Gasteiger charge is 2.13. The van der Waals surface area contributed by atoms with Gasteiger partial charge in [0.25, 0.3) is 0 Å². The fraction of sp³-hybridized carbons (Fsp3) is 0. The van der Waals surface area contributed by atoms with E-state index in [4.69, 9.17) is 5.11 Å². The molecule has 0 bridgehead atoms. The van der Waals surface area contributed by atoms with Gasteiger partial charge in [0.05, 0.1) is 6.20 Å². The molecular formula is C11H8N4O2. The molecule has 0 aromatic carbocycles. The summed E-state index contributed by atoms with van der Waals surface area (Å²) in [6.07, 6.45) is 8.46. The molecule has 0 aliphatic carbocycles. The Kier molecular flexibility index (Phi) is 1.94. The van der Waals surface area contributed by atoms with Gasteiger partial charge >= 0.3 is 5.97 Å². The lowest BCUT2D eigenvalue weighted by Gasteiger charge is -2.03. The van der Waals surface area contributed by atoms with Crippen molar-refractivity contribution in [3.8, 4) is 11.1 Å². The van der Waals surface area contributed by atoms with Gasteiger partial charge in [-0.05, 0) is 6.07 Å². The summed E-state index contributed by atoms with van der Waals surface area (Å²) in [5.41, 5.74) is 2.23. The number of aromatic carboxylic acids is 1. The first-order chi connectivity index (χ1) is 8.25. The maximum Gasteiger partial charge on any atom is 0.339 e. The van der Waals surface area contributed by atoms with Crippen molar-refractivity contribution >= 4 is 11.6 Å². The van der Waals surface area contributed by atoms with Gasteiger partial charge in [0.15, 0.2) is 5.65 Å². The SMILES string of the molecule is O=C(O)c1cc(-c2cn[nH]c2)cn2ccnc12. The number of hydrogen-bond donors (Lipinski definition) is 2. The van der Waals surface area contributed by atoms with Crippen LogP contribution in [0.1, 0.15) is 10.4 Å². The van der Waals surface area contributed by atoms with Crippen molar-refractivity contribution < 1.29 is 9.90 Å². The van der Waals surface area contributed by atoms with Crippen molar-refractivity contribution in [2.45, 2.75) is 0 Å². The van der Waals surface area contributed by atoms with Crippen LogP contribution in [0, 0.1) is 0 Å². The lowest BCUT2D eigenvalue weighted by atomic mass is 10.1. The Labute approximate surface area is 95.5 Å². The molecule has 0 unspecified atom stereocenters. The van der Waals surface area contributed by atoms with E-state index in [1.165, 1.54) is 0 Å². The summed E-state index contributed by atoms with van der Waals surface area (Å²) >= 11 is 0. The van der Waals surface area contributed by atoms with Gasteiger partial charge in [-0.1, -0.05) is 0 Å². The molecule has 0 saturated carbocycles. The van der Waals surface area contributed by atoms with Gasteiger partial charge < -0.3 is 9.51 Å². The average Bonchev–Trinajstić information content (AvgIpc) is 2.98. The zero-order valence-electron chi connectivity index (χ0n) is 8.66. The van der Waals surface area contributed by atoms with E-state index in [0.717, 1.165) is 11.1 Å². The molecule has 17 heavy (non-hydrogen) atoms. The highest BCUT2D eigenvalue weighted by atomic mass is 16.4. The van der Waals surface area contributed by atoms with E-state index < -0.39 is 5.97 Å². The number of carboxylic acids is 1. The minimum absolute atomic E-state index is 0.175. The van der Waals surface area contributed by atoms with E-state index in [2.05, 4.69) is 15.2 Å². The van der Waals surface area contributed by atoms with Gasteiger partial charge in [-0.3, -0.25) is 5.10 Å². The standard InChI is InChI=1S/C11H8N4O2/c16-11(17)9-3-7(8-4-13-14-5-8)6-15-2-1-12-10(9)15/h1-6H,(H,13,14)(H,16,17). The number of nitrogens with zero attached hydrogens (tertiary/aromatic N) is 3. The molecule has 0 aliphatic rings. The van der Waals surface area contributed by atoms with Crippen molar-refractivity contribution in [1.29, 1.82) is 0 Å². The molecule has 0 fully saturated rings. The van der Waals surface area contributed by atoms with E-state index >= 15 is 0 Å². The quantitative estimate of drug-likeness (QED) is 0.694. The zero-order valence-corrected chi connectivity index (χ0v) is 8.66. The normalized spacial score (nSPS) is 10.8. The van der Waals surface area contributed by atoms with E-state index in [-0.39, 0.29) is 5.56 Å². The third kappa shape index (κ3) is 1.46. The van der Waals surface area contributed by atoms with Crippen LogP contribution in [-0.4, -0.2) is 30.7 Å². The highest BCUT2D eigenvalue weighted by molar-refractivity contribution is 5.95. The Morgan fingerprint density at radius 1 is 1.41 bits per heavy atom. The number of aromatic nitrogens is 4. The van der Waals surface area contributed by atoms with Gasteiger partial charge in [0.1, 0.15) is 5.56 Å². The number of carbonyl (C=O) groups is 1. The lowest BCUT2D eigenvalue weighted by molar-refractivity contribution is 0.0698. The number of rotatable bonds is 2. The molecule has 3 rings (SSSR count). The molecule has 0 amide bonds. The second kappa shape index (κ2) is 3.44. The number of hydrogen-bond acceptors (Lipinski definition) is 3. The van der Waals surface area contributed by atoms with Crippen LogP contribution in [0.3, 0.4) is 0 Å². The van der Waals surface area contributed by atoms with Crippen LogP contribution in [0.5, 0.6) is 0 Å². The van der Waals surface area contributed by atoms with Gasteiger partial charge in [-0.2, -0.15) is 5.10 Å². The molecule has 0 aliphatic heterocycles. The molecule has 3 heterocycles. The van der Waals surface area contributed by atoms with Gasteiger partial charge in [-0.15, -0.1) is 0 Å². The van der Waals surface area contributed by atoms with Crippen LogP contribution < -0.4 is 0 Å². The number of carboxylic acid groups (broad SMARTS) is 1. The maximum atomic E-state index is 11.2. The largest absolute Gasteiger partial charge is 0.478 e. The second-order valence-corrected chi connectivity index (χ2v) is 3.59. The predicted molar refractivity (Wildman–Crippen MR) is 59.7 cm³/mol. The topological polar surface area (TPSA) is 83.3 Å². The molecule has 0 saturated heterocycles. The van der Waals surface area contributed by atoms with Crippen molar-refractivity contribution in [2.24, 2.45) is 0 Å². The Balaban J connectivity index is 2.31. The third-order valence-corrected chi connectivity index (χ3v) is 2.55. The van der Waals surface area contributed by atoms with Crippen molar-refractivity contribution in [3.63, 3.8) is 0 Å². The summed E-state index contributed by atoms with van der Waals surface area (Å²) in [7, 11) is 0. The number of aromatic amines is 1. The predicted octanol–water partition coefficient (Wildman–Crippen LogP) is 1.42. The van der Waals surface area contributed by atoms with Crippen LogP contribution in [0.15, 0.2) is 37.1 Å². The van der Waals surface area contributed by atoms with Crippen LogP contribution in [0.4, 0.5) is 0 Å². The first-order valence-electron chi connectivity index (χ1n) is 4.95. The molecule has 6 heteroatoms. The first-order valence-corrected chi connectivity index (χ1v) is 4.95. The van der Waals surface area contributed by atoms with E-state index in [1.807, 2.05) is 6.20 Å². The minimum atomic E-state index is -0.994. The highest BCUT2D eigenvalue weighted by Crippen LogP contribution is 2.21. The van der Waals surface area contributed by atoms with Gasteiger partial charge in [0, 0.05) is 35.9 Å². The van der Waals surface area contributed by atoms with Crippen molar-refractivity contribution in [2.75, 3.05) is 0 Å². The number of imidazole rings is 1. The van der Waals surface area contributed by atoms with Crippen molar-refractivity contribution in [1.82, 2.24) is 19.6 Å². The maximum absolute atomic E-state index is 11.2. The minimum Gasteiger partial charge on any atom is -0.478 e. The zero-order chi connectivity index (χ0) is 11.8. The Hall–Kier alpha value is -2.63. The molecule has 0 atom stereocenters. The first kappa shape index (κ1) is 9.59. The van der Waals surface area contributed by atoms with E-state index in [0.29, 0.717) is 5.65 Å². The Morgan fingerprint density at radius 2 is 2.29 bits per heavy atom. The number of H-pyrrole nitrogens is 1. The summed E-state index contributed by atoms with van der Waals surface area (Å²) in [4.78, 5) is 15.2. The molecular weight excluding hydrogens is 220 g/mol. The summed E-state index contributed by atoms with van der Waals surface area (Å²) < 4.78 is 1.69. The summed E-state index contributed by atoms with van der Waals surface area (Å²) in [6.45, 7) is 0. The lowest BCUT2D eigenvalue weighted by Crippen LogP contribution is -2.01. The average molecular weight is 228 g/mol. The van der Waals surface area contributed by atoms with Crippen LogP contribution in [0.25, 0.3) is 16.8 Å². The molecule has 6 nitrogen and oxygen atoms in total. The monoisotopic (exact) mass is 228 g/mol. The number of pyridine rings is 1. The Bertz CT molecular complexity index is 685. The summed E-state index contributed by atoms with van der Waals surface area (Å²) in [6, 6.07) is 1.59. The summed E-state index contributed by atoms with van der Waals surface area (Å²) in [5, 5.41) is 15.7. The third-order valence-electron chi connectivity index (χ3n) is 2.55. The van der Waals surface area contributed by atoms with Crippen LogP contribution in [-0.2, 0) is 0 Å². The summed E-state index contributed by atoms with van der Waals surface area (Å²) in [5.74, 6) is -0.994.